The van der Waals surface area contributed by atoms with Gasteiger partial charge in [-0.05, 0) is 19.4 Å². The molecule has 0 aliphatic carbocycles. The normalized spacial score (nSPS) is 20.8. The van der Waals surface area contributed by atoms with Gasteiger partial charge in [0.15, 0.2) is 0 Å². The molecule has 0 bridgehead atoms. The van der Waals surface area contributed by atoms with Gasteiger partial charge in [0.2, 0.25) is 0 Å². The summed E-state index contributed by atoms with van der Waals surface area (Å²) in [5.74, 6) is 0. The molecule has 1 aliphatic heterocycles. The van der Waals surface area contributed by atoms with Crippen molar-refractivity contribution in [2.45, 2.75) is 26.4 Å². The molecule has 1 saturated heterocycles. The number of nitrogens with zero attached hydrogens (tertiary/aromatic N) is 3. The third kappa shape index (κ3) is 2.70. The second-order valence-corrected chi connectivity index (χ2v) is 5.95. The van der Waals surface area contributed by atoms with Crippen molar-refractivity contribution in [3.8, 4) is 0 Å². The van der Waals surface area contributed by atoms with Crippen LogP contribution in [0.2, 0.25) is 0 Å². The highest BCUT2D eigenvalue weighted by Gasteiger charge is 2.27. The lowest BCUT2D eigenvalue weighted by molar-refractivity contribution is -0.0149. The van der Waals surface area contributed by atoms with E-state index in [0.717, 1.165) is 36.1 Å². The largest absolute Gasteiger partial charge is 0.378 e. The van der Waals surface area contributed by atoms with Gasteiger partial charge >= 0.3 is 0 Å². The van der Waals surface area contributed by atoms with Crippen LogP contribution in [0.1, 0.15) is 28.0 Å². The number of H-pyrrole nitrogens is 1. The Morgan fingerprint density at radius 2 is 2.42 bits per heavy atom. The summed E-state index contributed by atoms with van der Waals surface area (Å²) >= 11 is 1.71. The smallest absolute Gasteiger partial charge is 0.0897 e. The van der Waals surface area contributed by atoms with Crippen molar-refractivity contribution in [1.82, 2.24) is 20.1 Å². The van der Waals surface area contributed by atoms with Crippen LogP contribution in [-0.4, -0.2) is 39.8 Å². The first kappa shape index (κ1) is 12.8. The van der Waals surface area contributed by atoms with Crippen LogP contribution in [-0.2, 0) is 11.3 Å². The number of hydrogen-bond acceptors (Lipinski definition) is 5. The lowest BCUT2D eigenvalue weighted by atomic mass is 10.1. The first-order chi connectivity index (χ1) is 9.24. The molecule has 0 spiro atoms. The minimum Gasteiger partial charge on any atom is -0.378 e. The lowest BCUT2D eigenvalue weighted by Crippen LogP contribution is -2.39. The number of thiazole rings is 1. The third-order valence-electron chi connectivity index (χ3n) is 3.47. The fraction of sp³-hybridized carbons (Fsp3) is 0.538. The van der Waals surface area contributed by atoms with E-state index < -0.39 is 0 Å². The summed E-state index contributed by atoms with van der Waals surface area (Å²) < 4.78 is 5.63. The number of morpholine rings is 1. The highest BCUT2D eigenvalue weighted by molar-refractivity contribution is 7.09. The lowest BCUT2D eigenvalue weighted by Gasteiger charge is -2.34. The molecule has 0 amide bonds. The highest BCUT2D eigenvalue weighted by atomic mass is 32.1. The van der Waals surface area contributed by atoms with Gasteiger partial charge in [0.25, 0.3) is 0 Å². The van der Waals surface area contributed by atoms with Gasteiger partial charge in [-0.2, -0.15) is 5.10 Å². The Bertz CT molecular complexity index is 550. The summed E-state index contributed by atoms with van der Waals surface area (Å²) in [7, 11) is 0. The van der Waals surface area contributed by atoms with Gasteiger partial charge in [-0.25, -0.2) is 4.98 Å². The second-order valence-electron chi connectivity index (χ2n) is 4.89. The van der Waals surface area contributed by atoms with Crippen molar-refractivity contribution < 1.29 is 4.74 Å². The van der Waals surface area contributed by atoms with E-state index in [-0.39, 0.29) is 6.04 Å². The SMILES string of the molecule is Cc1nc(CN2CCOC[C@H]2c2[nH]ncc2C)cs1. The maximum absolute atomic E-state index is 5.63. The van der Waals surface area contributed by atoms with Gasteiger partial charge in [0, 0.05) is 18.5 Å². The van der Waals surface area contributed by atoms with Crippen LogP contribution in [0.3, 0.4) is 0 Å². The van der Waals surface area contributed by atoms with Gasteiger partial charge in [0.1, 0.15) is 0 Å². The van der Waals surface area contributed by atoms with Crippen molar-refractivity contribution in [1.29, 1.82) is 0 Å². The maximum atomic E-state index is 5.63. The Morgan fingerprint density at radius 3 is 3.11 bits per heavy atom. The molecule has 0 aromatic carbocycles. The molecule has 1 atom stereocenters. The van der Waals surface area contributed by atoms with E-state index >= 15 is 0 Å². The van der Waals surface area contributed by atoms with Gasteiger partial charge in [-0.1, -0.05) is 0 Å². The molecule has 6 heteroatoms. The fourth-order valence-corrected chi connectivity index (χ4v) is 3.08. The molecule has 0 unspecified atom stereocenters. The van der Waals surface area contributed by atoms with Crippen LogP contribution in [0.15, 0.2) is 11.6 Å². The van der Waals surface area contributed by atoms with Crippen LogP contribution < -0.4 is 0 Å². The number of rotatable bonds is 3. The number of nitrogens with one attached hydrogen (secondary N) is 1. The van der Waals surface area contributed by atoms with Crippen molar-refractivity contribution in [2.24, 2.45) is 0 Å². The van der Waals surface area contributed by atoms with Gasteiger partial charge in [-0.3, -0.25) is 10.00 Å². The van der Waals surface area contributed by atoms with Gasteiger partial charge in [-0.15, -0.1) is 11.3 Å². The summed E-state index contributed by atoms with van der Waals surface area (Å²) in [6, 6.07) is 0.248. The Labute approximate surface area is 116 Å². The number of aromatic amines is 1. The second kappa shape index (κ2) is 5.40. The zero-order valence-corrected chi connectivity index (χ0v) is 12.0. The quantitative estimate of drug-likeness (QED) is 0.933. The number of ether oxygens (including phenoxy) is 1. The summed E-state index contributed by atoms with van der Waals surface area (Å²) in [4.78, 5) is 6.97. The Morgan fingerprint density at radius 1 is 1.53 bits per heavy atom. The van der Waals surface area contributed by atoms with Crippen molar-refractivity contribution in [3.05, 3.63) is 33.5 Å². The minimum atomic E-state index is 0.248. The summed E-state index contributed by atoms with van der Waals surface area (Å²) in [6.07, 6.45) is 1.87. The molecule has 2 aromatic heterocycles. The van der Waals surface area contributed by atoms with Crippen LogP contribution in [0.5, 0.6) is 0 Å². The van der Waals surface area contributed by atoms with E-state index in [1.807, 2.05) is 13.1 Å². The number of aromatic nitrogens is 3. The Balaban J connectivity index is 1.79. The van der Waals surface area contributed by atoms with E-state index in [4.69, 9.17) is 4.74 Å². The van der Waals surface area contributed by atoms with E-state index in [1.54, 1.807) is 11.3 Å². The van der Waals surface area contributed by atoms with E-state index in [9.17, 15) is 0 Å². The standard InChI is InChI=1S/C13H18N4OS/c1-9-5-14-16-13(9)12-7-18-4-3-17(12)6-11-8-19-10(2)15-11/h5,8,12H,3-4,6-7H2,1-2H3,(H,14,16)/t12-/m0/s1. The van der Waals surface area contributed by atoms with E-state index in [1.165, 1.54) is 5.56 Å². The number of aryl methyl sites for hydroxylation is 2. The minimum absolute atomic E-state index is 0.248. The maximum Gasteiger partial charge on any atom is 0.0897 e. The Kier molecular flexibility index (Phi) is 3.63. The average molecular weight is 278 g/mol. The zero-order valence-electron chi connectivity index (χ0n) is 11.2. The summed E-state index contributed by atoms with van der Waals surface area (Å²) in [6.45, 7) is 7.43. The molecule has 2 aromatic rings. The molecule has 102 valence electrons. The molecule has 1 aliphatic rings. The monoisotopic (exact) mass is 278 g/mol. The molecular weight excluding hydrogens is 260 g/mol. The molecule has 1 fully saturated rings. The molecule has 3 rings (SSSR count). The molecule has 1 N–H and O–H groups in total. The van der Waals surface area contributed by atoms with Crippen molar-refractivity contribution in [3.63, 3.8) is 0 Å². The van der Waals surface area contributed by atoms with Crippen LogP contribution in [0.4, 0.5) is 0 Å². The van der Waals surface area contributed by atoms with Gasteiger partial charge < -0.3 is 4.74 Å². The fourth-order valence-electron chi connectivity index (χ4n) is 2.48. The van der Waals surface area contributed by atoms with Crippen LogP contribution in [0.25, 0.3) is 0 Å². The molecule has 0 radical (unpaired) electrons. The zero-order chi connectivity index (χ0) is 13.2. The Hall–Kier alpha value is -1.24. The number of hydrogen-bond donors (Lipinski definition) is 1. The predicted molar refractivity (Wildman–Crippen MR) is 74.1 cm³/mol. The van der Waals surface area contributed by atoms with E-state index in [2.05, 4.69) is 32.4 Å². The van der Waals surface area contributed by atoms with Crippen LogP contribution in [0, 0.1) is 13.8 Å². The summed E-state index contributed by atoms with van der Waals surface area (Å²) in [5, 5.41) is 10.5. The predicted octanol–water partition coefficient (Wildman–Crippen LogP) is 2.06. The molecule has 19 heavy (non-hydrogen) atoms. The molecular formula is C13H18N4OS. The van der Waals surface area contributed by atoms with Gasteiger partial charge in [0.05, 0.1) is 41.8 Å². The van der Waals surface area contributed by atoms with E-state index in [0.29, 0.717) is 6.61 Å². The highest BCUT2D eigenvalue weighted by Crippen LogP contribution is 2.26. The first-order valence-electron chi connectivity index (χ1n) is 6.46. The molecule has 3 heterocycles. The van der Waals surface area contributed by atoms with Crippen molar-refractivity contribution in [2.75, 3.05) is 19.8 Å². The molecule has 5 nitrogen and oxygen atoms in total. The molecule has 0 saturated carbocycles. The average Bonchev–Trinajstić information content (AvgIpc) is 2.99. The first-order valence-corrected chi connectivity index (χ1v) is 7.34. The van der Waals surface area contributed by atoms with Crippen molar-refractivity contribution >= 4 is 11.3 Å². The van der Waals surface area contributed by atoms with Crippen LogP contribution >= 0.6 is 11.3 Å². The third-order valence-corrected chi connectivity index (χ3v) is 4.29. The topological polar surface area (TPSA) is 54.0 Å². The summed E-state index contributed by atoms with van der Waals surface area (Å²) in [5.41, 5.74) is 3.49.